The van der Waals surface area contributed by atoms with E-state index < -0.39 is 0 Å². The number of rotatable bonds is 5. The van der Waals surface area contributed by atoms with Crippen LogP contribution in [-0.2, 0) is 9.53 Å². The highest BCUT2D eigenvalue weighted by molar-refractivity contribution is 5.71. The molecule has 1 aliphatic rings. The van der Waals surface area contributed by atoms with Crippen molar-refractivity contribution in [2.24, 2.45) is 0 Å². The zero-order chi connectivity index (χ0) is 9.52. The lowest BCUT2D eigenvalue weighted by Gasteiger charge is -2.13. The molecule has 0 aromatic heterocycles. The van der Waals surface area contributed by atoms with Crippen molar-refractivity contribution in [1.82, 2.24) is 10.2 Å². The van der Waals surface area contributed by atoms with E-state index in [0.717, 1.165) is 19.6 Å². The Morgan fingerprint density at radius 2 is 2.15 bits per heavy atom. The molecule has 0 amide bonds. The lowest BCUT2D eigenvalue weighted by Crippen LogP contribution is -2.29. The molecule has 1 N–H and O–H groups in total. The predicted octanol–water partition coefficient (Wildman–Crippen LogP) is -0.155. The number of likely N-dealkylation sites (N-methyl/N-ethyl adjacent to an activating group) is 1. The minimum atomic E-state index is -0.0999. The maximum atomic E-state index is 11.2. The summed E-state index contributed by atoms with van der Waals surface area (Å²) >= 11 is 0. The Morgan fingerprint density at radius 1 is 1.46 bits per heavy atom. The molecular formula is C9H18N2O2. The van der Waals surface area contributed by atoms with Gasteiger partial charge in [0.2, 0.25) is 0 Å². The molecule has 0 unspecified atom stereocenters. The van der Waals surface area contributed by atoms with Crippen molar-refractivity contribution in [2.75, 3.05) is 39.8 Å². The van der Waals surface area contributed by atoms with Gasteiger partial charge in [0.25, 0.3) is 0 Å². The second kappa shape index (κ2) is 5.94. The van der Waals surface area contributed by atoms with E-state index in [2.05, 4.69) is 10.2 Å². The van der Waals surface area contributed by atoms with Gasteiger partial charge in [0, 0.05) is 6.54 Å². The average Bonchev–Trinajstić information content (AvgIpc) is 2.57. The average molecular weight is 186 g/mol. The van der Waals surface area contributed by atoms with Crippen molar-refractivity contribution in [3.8, 4) is 0 Å². The number of hydrogen-bond acceptors (Lipinski definition) is 4. The fourth-order valence-corrected chi connectivity index (χ4v) is 1.44. The molecule has 4 heteroatoms. The molecule has 1 heterocycles. The van der Waals surface area contributed by atoms with Crippen LogP contribution in [0.4, 0.5) is 0 Å². The van der Waals surface area contributed by atoms with Crippen molar-refractivity contribution >= 4 is 5.97 Å². The Hall–Kier alpha value is -0.610. The molecule has 0 aliphatic carbocycles. The van der Waals surface area contributed by atoms with E-state index in [0.29, 0.717) is 13.2 Å². The fraction of sp³-hybridized carbons (Fsp3) is 0.889. The van der Waals surface area contributed by atoms with Crippen molar-refractivity contribution in [1.29, 1.82) is 0 Å². The molecule has 0 radical (unpaired) electrons. The highest BCUT2D eigenvalue weighted by Gasteiger charge is 2.15. The zero-order valence-corrected chi connectivity index (χ0v) is 8.21. The number of nitrogens with one attached hydrogen (secondary N) is 1. The molecule has 0 aromatic carbocycles. The van der Waals surface area contributed by atoms with Gasteiger partial charge in [-0.05, 0) is 33.0 Å². The normalized spacial score (nSPS) is 17.6. The number of hydrogen-bond donors (Lipinski definition) is 1. The second-order valence-corrected chi connectivity index (χ2v) is 3.31. The molecule has 1 aliphatic heterocycles. The van der Waals surface area contributed by atoms with Crippen LogP contribution in [0.15, 0.2) is 0 Å². The minimum absolute atomic E-state index is 0.0999. The van der Waals surface area contributed by atoms with Gasteiger partial charge in [0.15, 0.2) is 0 Å². The Bertz CT molecular complexity index is 156. The van der Waals surface area contributed by atoms with Gasteiger partial charge in [-0.15, -0.1) is 0 Å². The summed E-state index contributed by atoms with van der Waals surface area (Å²) in [6, 6.07) is 0. The highest BCUT2D eigenvalue weighted by atomic mass is 16.5. The number of esters is 1. The third kappa shape index (κ3) is 4.24. The van der Waals surface area contributed by atoms with Gasteiger partial charge < -0.3 is 10.1 Å². The van der Waals surface area contributed by atoms with E-state index in [1.54, 1.807) is 0 Å². The summed E-state index contributed by atoms with van der Waals surface area (Å²) in [6.45, 7) is 3.75. The van der Waals surface area contributed by atoms with Crippen LogP contribution in [0.1, 0.15) is 12.8 Å². The predicted molar refractivity (Wildman–Crippen MR) is 50.6 cm³/mol. The molecule has 4 nitrogen and oxygen atoms in total. The van der Waals surface area contributed by atoms with E-state index in [-0.39, 0.29) is 5.97 Å². The largest absolute Gasteiger partial charge is 0.463 e. The van der Waals surface area contributed by atoms with Crippen molar-refractivity contribution in [2.45, 2.75) is 12.8 Å². The van der Waals surface area contributed by atoms with Crippen LogP contribution in [0.2, 0.25) is 0 Å². The summed E-state index contributed by atoms with van der Waals surface area (Å²) in [5.41, 5.74) is 0. The van der Waals surface area contributed by atoms with E-state index in [1.807, 2.05) is 7.05 Å². The quantitative estimate of drug-likeness (QED) is 0.479. The lowest BCUT2D eigenvalue weighted by atomic mass is 10.4. The van der Waals surface area contributed by atoms with Crippen LogP contribution in [0.25, 0.3) is 0 Å². The molecule has 0 aromatic rings. The van der Waals surface area contributed by atoms with Crippen LogP contribution in [-0.4, -0.2) is 50.7 Å². The summed E-state index contributed by atoms with van der Waals surface area (Å²) < 4.78 is 5.00. The van der Waals surface area contributed by atoms with Crippen LogP contribution in [0, 0.1) is 0 Å². The topological polar surface area (TPSA) is 41.6 Å². The van der Waals surface area contributed by atoms with Gasteiger partial charge in [-0.25, -0.2) is 0 Å². The summed E-state index contributed by atoms with van der Waals surface area (Å²) in [6.07, 6.45) is 2.42. The van der Waals surface area contributed by atoms with E-state index in [1.165, 1.54) is 12.8 Å². The summed E-state index contributed by atoms with van der Waals surface area (Å²) in [5.74, 6) is -0.0999. The first-order valence-corrected chi connectivity index (χ1v) is 4.85. The molecule has 76 valence electrons. The van der Waals surface area contributed by atoms with Crippen LogP contribution < -0.4 is 5.32 Å². The number of carbonyl (C=O) groups excluding carboxylic acids is 1. The smallest absolute Gasteiger partial charge is 0.320 e. The standard InChI is InChI=1S/C9H18N2O2/c1-10-4-7-13-9(12)8-11-5-2-3-6-11/h10H,2-8H2,1H3. The van der Waals surface area contributed by atoms with E-state index in [9.17, 15) is 4.79 Å². The van der Waals surface area contributed by atoms with Gasteiger partial charge in [-0.3, -0.25) is 9.69 Å². The van der Waals surface area contributed by atoms with Gasteiger partial charge in [-0.2, -0.15) is 0 Å². The van der Waals surface area contributed by atoms with Crippen molar-refractivity contribution in [3.63, 3.8) is 0 Å². The Balaban J connectivity index is 2.02. The van der Waals surface area contributed by atoms with Gasteiger partial charge in [-0.1, -0.05) is 0 Å². The van der Waals surface area contributed by atoms with E-state index in [4.69, 9.17) is 4.74 Å². The van der Waals surface area contributed by atoms with Crippen LogP contribution in [0.5, 0.6) is 0 Å². The molecule has 13 heavy (non-hydrogen) atoms. The first-order valence-electron chi connectivity index (χ1n) is 4.85. The molecule has 1 saturated heterocycles. The summed E-state index contributed by atoms with van der Waals surface area (Å²) in [5, 5.41) is 2.93. The molecular weight excluding hydrogens is 168 g/mol. The fourth-order valence-electron chi connectivity index (χ4n) is 1.44. The summed E-state index contributed by atoms with van der Waals surface area (Å²) in [7, 11) is 1.84. The number of nitrogens with zero attached hydrogens (tertiary/aromatic N) is 1. The highest BCUT2D eigenvalue weighted by Crippen LogP contribution is 2.06. The first kappa shape index (κ1) is 10.5. The lowest BCUT2D eigenvalue weighted by molar-refractivity contribution is -0.144. The molecule has 1 rings (SSSR count). The Morgan fingerprint density at radius 3 is 2.77 bits per heavy atom. The molecule has 1 fully saturated rings. The SMILES string of the molecule is CNCCOC(=O)CN1CCCC1. The zero-order valence-electron chi connectivity index (χ0n) is 8.21. The van der Waals surface area contributed by atoms with Gasteiger partial charge >= 0.3 is 5.97 Å². The second-order valence-electron chi connectivity index (χ2n) is 3.31. The molecule has 0 atom stereocenters. The number of ether oxygens (including phenoxy) is 1. The van der Waals surface area contributed by atoms with Crippen LogP contribution >= 0.6 is 0 Å². The molecule has 0 saturated carbocycles. The minimum Gasteiger partial charge on any atom is -0.463 e. The van der Waals surface area contributed by atoms with Gasteiger partial charge in [0.05, 0.1) is 6.54 Å². The van der Waals surface area contributed by atoms with E-state index >= 15 is 0 Å². The number of carbonyl (C=O) groups is 1. The maximum Gasteiger partial charge on any atom is 0.320 e. The van der Waals surface area contributed by atoms with Gasteiger partial charge in [0.1, 0.15) is 6.61 Å². The molecule has 0 spiro atoms. The van der Waals surface area contributed by atoms with Crippen molar-refractivity contribution < 1.29 is 9.53 Å². The third-order valence-corrected chi connectivity index (χ3v) is 2.17. The first-order chi connectivity index (χ1) is 6.33. The maximum absolute atomic E-state index is 11.2. The molecule has 0 bridgehead atoms. The van der Waals surface area contributed by atoms with Crippen LogP contribution in [0.3, 0.4) is 0 Å². The Labute approximate surface area is 79.2 Å². The monoisotopic (exact) mass is 186 g/mol. The Kier molecular flexibility index (Phi) is 4.78. The van der Waals surface area contributed by atoms with Crippen molar-refractivity contribution in [3.05, 3.63) is 0 Å². The number of likely N-dealkylation sites (tertiary alicyclic amines) is 1. The summed E-state index contributed by atoms with van der Waals surface area (Å²) in [4.78, 5) is 13.3. The third-order valence-electron chi connectivity index (χ3n) is 2.17.